The zero-order valence-corrected chi connectivity index (χ0v) is 38.7. The van der Waals surface area contributed by atoms with Gasteiger partial charge in [0.05, 0.1) is 21.8 Å². The third-order valence-electron chi connectivity index (χ3n) is 12.9. The summed E-state index contributed by atoms with van der Waals surface area (Å²) in [5.74, 6) is -2.11. The highest BCUT2D eigenvalue weighted by Gasteiger charge is 2.39. The Labute approximate surface area is 386 Å². The largest absolute Gasteiger partial charge is 0.434 e. The van der Waals surface area contributed by atoms with E-state index in [1.54, 1.807) is 17.0 Å². The SMILES string of the molecule is CCC(C)(C)Cn1cc(CNS(=O)(=O)C2CC2)c2cc(F)c(-c3[nH]c(=O)ccc3C(F)(F)F)cc21.Nc1ccc(-c2cc3c(cc2F)c(CNS(=O)(=O)C2CC2)cn3C2CCC2)c(C(F)(F)F)n1. The van der Waals surface area contributed by atoms with Gasteiger partial charge < -0.3 is 19.9 Å². The molecule has 2 aromatic carbocycles. The summed E-state index contributed by atoms with van der Waals surface area (Å²) in [6.07, 6.45) is -0.111. The Hall–Kier alpha value is -5.32. The lowest BCUT2D eigenvalue weighted by Gasteiger charge is -2.28. The highest BCUT2D eigenvalue weighted by Crippen LogP contribution is 2.43. The second kappa shape index (κ2) is 17.9. The highest BCUT2D eigenvalue weighted by atomic mass is 32.2. The van der Waals surface area contributed by atoms with Crippen LogP contribution in [0.5, 0.6) is 0 Å². The van der Waals surface area contributed by atoms with Gasteiger partial charge in [0.2, 0.25) is 25.6 Å². The van der Waals surface area contributed by atoms with Crippen molar-refractivity contribution >= 4 is 47.7 Å². The summed E-state index contributed by atoms with van der Waals surface area (Å²) in [7, 11) is -6.93. The Morgan fingerprint density at radius 1 is 0.735 bits per heavy atom. The molecule has 0 unspecified atom stereocenters. The number of hydrogen-bond donors (Lipinski definition) is 4. The average Bonchev–Trinajstić information content (AvgIpc) is 4.17. The van der Waals surface area contributed by atoms with Crippen LogP contribution in [0.4, 0.5) is 40.9 Å². The van der Waals surface area contributed by atoms with Crippen LogP contribution in [-0.4, -0.2) is 46.4 Å². The van der Waals surface area contributed by atoms with Crippen molar-refractivity contribution < 1.29 is 52.0 Å². The van der Waals surface area contributed by atoms with Crippen LogP contribution < -0.4 is 20.7 Å². The molecule has 3 aliphatic carbocycles. The molecule has 0 bridgehead atoms. The minimum absolute atomic E-state index is 0.00886. The molecule has 0 amide bonds. The van der Waals surface area contributed by atoms with Crippen molar-refractivity contribution in [2.75, 3.05) is 5.73 Å². The molecule has 4 heterocycles. The molecule has 0 saturated heterocycles. The van der Waals surface area contributed by atoms with Gasteiger partial charge in [-0.25, -0.2) is 40.0 Å². The Morgan fingerprint density at radius 3 is 1.82 bits per heavy atom. The van der Waals surface area contributed by atoms with E-state index in [4.69, 9.17) is 5.73 Å². The number of aromatic nitrogens is 4. The second-order valence-corrected chi connectivity index (χ2v) is 22.6. The Bertz CT molecular complexity index is 3200. The summed E-state index contributed by atoms with van der Waals surface area (Å²) in [6.45, 7) is 6.45. The van der Waals surface area contributed by atoms with Gasteiger partial charge in [-0.3, -0.25) is 4.79 Å². The molecule has 0 radical (unpaired) electrons. The summed E-state index contributed by atoms with van der Waals surface area (Å²) in [4.78, 5) is 17.4. The molecule has 3 saturated carbocycles. The number of anilines is 1. The van der Waals surface area contributed by atoms with Crippen LogP contribution in [0.25, 0.3) is 44.2 Å². The Morgan fingerprint density at radius 2 is 1.29 bits per heavy atom. The molecule has 9 rings (SSSR count). The molecule has 0 atom stereocenters. The molecule has 5 N–H and O–H groups in total. The molecule has 4 aromatic heterocycles. The number of nitrogens with one attached hydrogen (secondary N) is 3. The lowest BCUT2D eigenvalue weighted by atomic mass is 9.90. The number of halogens is 8. The average molecular weight is 996 g/mol. The number of sulfonamides is 2. The van der Waals surface area contributed by atoms with Crippen LogP contribution in [0.2, 0.25) is 0 Å². The third-order valence-corrected chi connectivity index (χ3v) is 16.7. The monoisotopic (exact) mass is 995 g/mol. The lowest BCUT2D eigenvalue weighted by Crippen LogP contribution is -2.26. The van der Waals surface area contributed by atoms with Gasteiger partial charge in [-0.05, 0) is 110 Å². The predicted octanol–water partition coefficient (Wildman–Crippen LogP) is 9.92. The first-order chi connectivity index (χ1) is 31.8. The van der Waals surface area contributed by atoms with Crippen molar-refractivity contribution in [3.05, 3.63) is 105 Å². The summed E-state index contributed by atoms with van der Waals surface area (Å²) in [6, 6.07) is 8.80. The van der Waals surface area contributed by atoms with E-state index < -0.39 is 77.4 Å². The maximum absolute atomic E-state index is 15.3. The van der Waals surface area contributed by atoms with Gasteiger partial charge in [0, 0.05) is 82.6 Å². The van der Waals surface area contributed by atoms with Gasteiger partial charge in [0.1, 0.15) is 17.5 Å². The van der Waals surface area contributed by atoms with E-state index in [9.17, 15) is 48.0 Å². The van der Waals surface area contributed by atoms with Gasteiger partial charge in [0.15, 0.2) is 5.69 Å². The van der Waals surface area contributed by atoms with E-state index in [1.807, 2.05) is 25.3 Å². The number of nitrogens with zero attached hydrogens (tertiary/aromatic N) is 3. The summed E-state index contributed by atoms with van der Waals surface area (Å²) in [5.41, 5.74) is 2.51. The van der Waals surface area contributed by atoms with E-state index in [-0.39, 0.29) is 46.7 Å². The summed E-state index contributed by atoms with van der Waals surface area (Å²) >= 11 is 0. The molecule has 6 aromatic rings. The highest BCUT2D eigenvalue weighted by molar-refractivity contribution is 7.90. The fraction of sp³-hybridized carbons (Fsp3) is 0.435. The van der Waals surface area contributed by atoms with E-state index >= 15 is 8.78 Å². The first-order valence-corrected chi connectivity index (χ1v) is 25.1. The van der Waals surface area contributed by atoms with Crippen molar-refractivity contribution in [3.8, 4) is 22.4 Å². The number of nitrogens with two attached hydrogens (primary N) is 1. The number of nitrogen functional groups attached to an aromatic ring is 1. The van der Waals surface area contributed by atoms with E-state index in [2.05, 4.69) is 19.4 Å². The van der Waals surface area contributed by atoms with E-state index in [0.29, 0.717) is 71.2 Å². The lowest BCUT2D eigenvalue weighted by molar-refractivity contribution is -0.140. The van der Waals surface area contributed by atoms with Crippen LogP contribution in [-0.2, 0) is 52.0 Å². The van der Waals surface area contributed by atoms with Crippen LogP contribution in [0, 0.1) is 17.0 Å². The molecular formula is C46H49F8N7O5S2. The normalized spacial score (nSPS) is 16.3. The molecule has 68 heavy (non-hydrogen) atoms. The number of benzene rings is 2. The maximum atomic E-state index is 15.3. The van der Waals surface area contributed by atoms with Crippen molar-refractivity contribution in [2.24, 2.45) is 5.41 Å². The van der Waals surface area contributed by atoms with Crippen molar-refractivity contribution in [1.82, 2.24) is 28.5 Å². The number of rotatable bonds is 14. The van der Waals surface area contributed by atoms with E-state index in [0.717, 1.165) is 43.9 Å². The number of pyridine rings is 2. The van der Waals surface area contributed by atoms with E-state index in [1.165, 1.54) is 24.3 Å². The second-order valence-electron chi connectivity index (χ2n) is 18.5. The van der Waals surface area contributed by atoms with Gasteiger partial charge >= 0.3 is 12.4 Å². The molecule has 0 aliphatic heterocycles. The van der Waals surface area contributed by atoms with Crippen LogP contribution in [0.1, 0.15) is 101 Å². The topological polar surface area (TPSA) is 174 Å². The van der Waals surface area contributed by atoms with Gasteiger partial charge in [0.25, 0.3) is 0 Å². The van der Waals surface area contributed by atoms with Crippen LogP contribution in [0.3, 0.4) is 0 Å². The summed E-state index contributed by atoms with van der Waals surface area (Å²) in [5, 5.41) is 0.0515. The van der Waals surface area contributed by atoms with Gasteiger partial charge in [-0.1, -0.05) is 20.8 Å². The standard InChI is InChI=1S/C24H27F4N3O3S.C22H22F4N4O2S/c1-4-23(2,3)13-31-12-14(11-29-35(33,34)15-5-6-15)16-9-19(25)17(10-20(16)31)22-18(24(26,27)28)7-8-21(32)30-22;23-18-8-16-12(10-28-33(31,32)14-4-5-14)11-30(13-2-1-3-13)19(16)9-17(18)15-6-7-20(27)29-21(15)22(24,25)26/h7-10,12,15,29H,4-6,11,13H2,1-3H3,(H,30,32);6-9,11,13-14,28H,1-5,10H2,(H2,27,29). The number of hydrogen-bond acceptors (Lipinski definition) is 7. The quantitative estimate of drug-likeness (QED) is 0.0786. The molecule has 12 nitrogen and oxygen atoms in total. The Balaban J connectivity index is 0.000000184. The van der Waals surface area contributed by atoms with Crippen LogP contribution >= 0.6 is 0 Å². The molecule has 22 heteroatoms. The minimum atomic E-state index is -4.81. The van der Waals surface area contributed by atoms with Crippen molar-refractivity contribution in [2.45, 2.75) is 121 Å². The molecule has 3 aliphatic rings. The number of H-pyrrole nitrogens is 1. The number of alkyl halides is 6. The Kier molecular flexibility index (Phi) is 12.9. The van der Waals surface area contributed by atoms with Gasteiger partial charge in [-0.15, -0.1) is 0 Å². The third kappa shape index (κ3) is 10.3. The van der Waals surface area contributed by atoms with Crippen molar-refractivity contribution in [1.29, 1.82) is 0 Å². The first kappa shape index (κ1) is 49.1. The van der Waals surface area contributed by atoms with Gasteiger partial charge in [-0.2, -0.15) is 26.3 Å². The predicted molar refractivity (Wildman–Crippen MR) is 242 cm³/mol. The minimum Gasteiger partial charge on any atom is -0.384 e. The van der Waals surface area contributed by atoms with Crippen molar-refractivity contribution in [3.63, 3.8) is 0 Å². The number of aromatic amines is 1. The maximum Gasteiger partial charge on any atom is 0.434 e. The zero-order valence-electron chi connectivity index (χ0n) is 37.1. The fourth-order valence-corrected chi connectivity index (χ4v) is 11.0. The first-order valence-electron chi connectivity index (χ1n) is 22.0. The molecule has 0 spiro atoms. The summed E-state index contributed by atoms with van der Waals surface area (Å²) < 4.78 is 170. The molecular weight excluding hydrogens is 947 g/mol. The zero-order chi connectivity index (χ0) is 49.3. The molecule has 366 valence electrons. The smallest absolute Gasteiger partial charge is 0.384 e. The fourth-order valence-electron chi connectivity index (χ4n) is 8.25. The molecule has 3 fully saturated rings. The van der Waals surface area contributed by atoms with Crippen LogP contribution in [0.15, 0.2) is 65.7 Å². The number of fused-ring (bicyclic) bond motifs is 2.